The first-order valence-corrected chi connectivity index (χ1v) is 7.83. The number of aliphatic hydroxyl groups is 1. The van der Waals surface area contributed by atoms with Gasteiger partial charge in [0.25, 0.3) is 0 Å². The molecule has 0 aliphatic carbocycles. The molecule has 0 saturated heterocycles. The predicted octanol–water partition coefficient (Wildman–Crippen LogP) is 3.05. The highest BCUT2D eigenvalue weighted by Crippen LogP contribution is 2.32. The average Bonchev–Trinajstić information content (AvgIpc) is 2.54. The molecule has 0 bridgehead atoms. The zero-order chi connectivity index (χ0) is 16.7. The summed E-state index contributed by atoms with van der Waals surface area (Å²) in [5.41, 5.74) is 3.37. The van der Waals surface area contributed by atoms with Crippen molar-refractivity contribution in [3.63, 3.8) is 0 Å². The van der Waals surface area contributed by atoms with Crippen LogP contribution in [0.5, 0.6) is 11.5 Å². The van der Waals surface area contributed by atoms with Crippen molar-refractivity contribution in [3.05, 3.63) is 59.2 Å². The number of aliphatic hydroxyl groups excluding tert-OH is 1. The number of ether oxygens (including phenoxy) is 2. The standard InChI is InChI=1S/C19H25NO3/c1-14-7-4-5-8-17(14)13-23-19-16(12-20-11-15(2)21)9-6-10-18(19)22-3/h4-10,15,20-21H,11-13H2,1-3H3/t15-/m1/s1. The zero-order valence-corrected chi connectivity index (χ0v) is 14.0. The summed E-state index contributed by atoms with van der Waals surface area (Å²) in [6, 6.07) is 14.0. The quantitative estimate of drug-likeness (QED) is 0.786. The highest BCUT2D eigenvalue weighted by Gasteiger charge is 2.11. The lowest BCUT2D eigenvalue weighted by atomic mass is 10.1. The summed E-state index contributed by atoms with van der Waals surface area (Å²) in [4.78, 5) is 0. The molecule has 0 spiro atoms. The first-order valence-electron chi connectivity index (χ1n) is 7.83. The van der Waals surface area contributed by atoms with E-state index in [1.165, 1.54) is 5.56 Å². The van der Waals surface area contributed by atoms with Crippen LogP contribution in [0.4, 0.5) is 0 Å². The second-order valence-corrected chi connectivity index (χ2v) is 5.64. The molecule has 0 heterocycles. The minimum Gasteiger partial charge on any atom is -0.493 e. The maximum Gasteiger partial charge on any atom is 0.166 e. The third-order valence-corrected chi connectivity index (χ3v) is 3.67. The van der Waals surface area contributed by atoms with E-state index in [9.17, 15) is 5.11 Å². The fraction of sp³-hybridized carbons (Fsp3) is 0.368. The molecule has 2 N–H and O–H groups in total. The van der Waals surface area contributed by atoms with E-state index in [4.69, 9.17) is 9.47 Å². The molecule has 0 aliphatic heterocycles. The number of aryl methyl sites for hydroxylation is 1. The number of hydrogen-bond donors (Lipinski definition) is 2. The van der Waals surface area contributed by atoms with E-state index in [0.717, 1.165) is 22.6 Å². The minimum atomic E-state index is -0.378. The van der Waals surface area contributed by atoms with Gasteiger partial charge >= 0.3 is 0 Å². The van der Waals surface area contributed by atoms with Crippen LogP contribution in [0.3, 0.4) is 0 Å². The Balaban J connectivity index is 2.13. The maximum absolute atomic E-state index is 9.36. The van der Waals surface area contributed by atoms with Crippen molar-refractivity contribution in [2.75, 3.05) is 13.7 Å². The van der Waals surface area contributed by atoms with Gasteiger partial charge in [0.1, 0.15) is 6.61 Å². The molecule has 2 aromatic rings. The van der Waals surface area contributed by atoms with E-state index in [0.29, 0.717) is 19.7 Å². The highest BCUT2D eigenvalue weighted by molar-refractivity contribution is 5.46. The Hall–Kier alpha value is -2.04. The Morgan fingerprint density at radius 3 is 2.52 bits per heavy atom. The molecule has 4 heteroatoms. The van der Waals surface area contributed by atoms with Gasteiger partial charge in [-0.2, -0.15) is 0 Å². The molecule has 0 radical (unpaired) electrons. The molecule has 23 heavy (non-hydrogen) atoms. The van der Waals surface area contributed by atoms with Crippen molar-refractivity contribution in [1.82, 2.24) is 5.32 Å². The molecule has 0 saturated carbocycles. The summed E-state index contributed by atoms with van der Waals surface area (Å²) in [6.45, 7) is 5.48. The number of para-hydroxylation sites is 1. The van der Waals surface area contributed by atoms with Crippen molar-refractivity contribution in [2.45, 2.75) is 33.1 Å². The van der Waals surface area contributed by atoms with Crippen LogP contribution in [-0.4, -0.2) is 24.9 Å². The number of rotatable bonds is 8. The van der Waals surface area contributed by atoms with Gasteiger partial charge in [-0.15, -0.1) is 0 Å². The van der Waals surface area contributed by atoms with Gasteiger partial charge in [-0.1, -0.05) is 36.4 Å². The Morgan fingerprint density at radius 1 is 1.09 bits per heavy atom. The van der Waals surface area contributed by atoms with Crippen LogP contribution in [-0.2, 0) is 13.2 Å². The lowest BCUT2D eigenvalue weighted by Crippen LogP contribution is -2.24. The molecule has 0 aromatic heterocycles. The normalized spacial score (nSPS) is 12.0. The van der Waals surface area contributed by atoms with Crippen LogP contribution in [0, 0.1) is 6.92 Å². The fourth-order valence-electron chi connectivity index (χ4n) is 2.36. The van der Waals surface area contributed by atoms with Crippen molar-refractivity contribution in [2.24, 2.45) is 0 Å². The van der Waals surface area contributed by atoms with Gasteiger partial charge < -0.3 is 19.9 Å². The smallest absolute Gasteiger partial charge is 0.166 e. The molecule has 0 amide bonds. The molecule has 124 valence electrons. The maximum atomic E-state index is 9.36. The van der Waals surface area contributed by atoms with E-state index in [1.54, 1.807) is 14.0 Å². The van der Waals surface area contributed by atoms with Crippen LogP contribution >= 0.6 is 0 Å². The second kappa shape index (κ2) is 8.56. The van der Waals surface area contributed by atoms with Crippen molar-refractivity contribution < 1.29 is 14.6 Å². The molecule has 2 rings (SSSR count). The van der Waals surface area contributed by atoms with Gasteiger partial charge in [0.15, 0.2) is 11.5 Å². The number of hydrogen-bond acceptors (Lipinski definition) is 4. The molecule has 0 unspecified atom stereocenters. The van der Waals surface area contributed by atoms with Crippen molar-refractivity contribution in [3.8, 4) is 11.5 Å². The number of benzene rings is 2. The average molecular weight is 315 g/mol. The molecule has 1 atom stereocenters. The van der Waals surface area contributed by atoms with Gasteiger partial charge in [-0.05, 0) is 31.0 Å². The van der Waals surface area contributed by atoms with Gasteiger partial charge in [0.05, 0.1) is 13.2 Å². The lowest BCUT2D eigenvalue weighted by Gasteiger charge is -2.16. The largest absolute Gasteiger partial charge is 0.493 e. The SMILES string of the molecule is COc1cccc(CNC[C@@H](C)O)c1OCc1ccccc1C. The lowest BCUT2D eigenvalue weighted by molar-refractivity contribution is 0.190. The molecule has 2 aromatic carbocycles. The third-order valence-electron chi connectivity index (χ3n) is 3.67. The van der Waals surface area contributed by atoms with Crippen molar-refractivity contribution in [1.29, 1.82) is 0 Å². The Labute approximate surface area is 138 Å². The molecule has 0 aliphatic rings. The summed E-state index contributed by atoms with van der Waals surface area (Å²) in [5, 5.41) is 12.6. The summed E-state index contributed by atoms with van der Waals surface area (Å²) < 4.78 is 11.5. The van der Waals surface area contributed by atoms with Gasteiger partial charge in [-0.3, -0.25) is 0 Å². The molecular weight excluding hydrogens is 290 g/mol. The zero-order valence-electron chi connectivity index (χ0n) is 14.0. The van der Waals surface area contributed by atoms with Crippen LogP contribution < -0.4 is 14.8 Å². The molecular formula is C19H25NO3. The van der Waals surface area contributed by atoms with E-state index in [1.807, 2.05) is 30.3 Å². The Kier molecular flexibility index (Phi) is 6.44. The third kappa shape index (κ3) is 4.98. The summed E-state index contributed by atoms with van der Waals surface area (Å²) in [5.74, 6) is 1.46. The monoisotopic (exact) mass is 315 g/mol. The van der Waals surface area contributed by atoms with Gasteiger partial charge in [0.2, 0.25) is 0 Å². The summed E-state index contributed by atoms with van der Waals surface area (Å²) in [6.07, 6.45) is -0.378. The van der Waals surface area contributed by atoms with E-state index >= 15 is 0 Å². The summed E-state index contributed by atoms with van der Waals surface area (Å²) in [7, 11) is 1.64. The van der Waals surface area contributed by atoms with E-state index in [2.05, 4.69) is 24.4 Å². The Morgan fingerprint density at radius 2 is 1.83 bits per heavy atom. The van der Waals surface area contributed by atoms with E-state index < -0.39 is 0 Å². The van der Waals surface area contributed by atoms with Crippen LogP contribution in [0.2, 0.25) is 0 Å². The predicted molar refractivity (Wildman–Crippen MR) is 91.9 cm³/mol. The first kappa shape index (κ1) is 17.3. The van der Waals surface area contributed by atoms with Crippen LogP contribution in [0.1, 0.15) is 23.6 Å². The number of methoxy groups -OCH3 is 1. The topological polar surface area (TPSA) is 50.7 Å². The van der Waals surface area contributed by atoms with Crippen LogP contribution in [0.25, 0.3) is 0 Å². The van der Waals surface area contributed by atoms with Gasteiger partial charge in [0, 0.05) is 18.7 Å². The highest BCUT2D eigenvalue weighted by atomic mass is 16.5. The molecule has 4 nitrogen and oxygen atoms in total. The molecule has 0 fully saturated rings. The second-order valence-electron chi connectivity index (χ2n) is 5.64. The summed E-state index contributed by atoms with van der Waals surface area (Å²) >= 11 is 0. The minimum absolute atomic E-state index is 0.378. The first-order chi connectivity index (χ1) is 11.1. The van der Waals surface area contributed by atoms with E-state index in [-0.39, 0.29) is 6.10 Å². The fourth-order valence-corrected chi connectivity index (χ4v) is 2.36. The Bertz CT molecular complexity index is 626. The number of nitrogens with one attached hydrogen (secondary N) is 1. The van der Waals surface area contributed by atoms with Crippen LogP contribution in [0.15, 0.2) is 42.5 Å². The van der Waals surface area contributed by atoms with Crippen molar-refractivity contribution >= 4 is 0 Å². The van der Waals surface area contributed by atoms with Gasteiger partial charge in [-0.25, -0.2) is 0 Å².